The first-order chi connectivity index (χ1) is 14.9. The fourth-order valence-electron chi connectivity index (χ4n) is 3.83. The third-order valence-electron chi connectivity index (χ3n) is 5.41. The zero-order chi connectivity index (χ0) is 22.1. The van der Waals surface area contributed by atoms with Gasteiger partial charge >= 0.3 is 0 Å². The molecule has 3 heterocycles. The van der Waals surface area contributed by atoms with Gasteiger partial charge in [0.2, 0.25) is 17.8 Å². The largest absolute Gasteiger partial charge is 0.312 e. The molecule has 2 aromatic heterocycles. The number of carbonyl (C=O) groups is 2. The molecule has 2 N–H and O–H groups in total. The highest BCUT2D eigenvalue weighted by Crippen LogP contribution is 2.26. The topological polar surface area (TPSA) is 113 Å². The Bertz CT molecular complexity index is 1200. The van der Waals surface area contributed by atoms with E-state index in [2.05, 4.69) is 20.4 Å². The van der Waals surface area contributed by atoms with Crippen LogP contribution in [0.2, 0.25) is 0 Å². The minimum Gasteiger partial charge on any atom is -0.312 e. The summed E-state index contributed by atoms with van der Waals surface area (Å²) in [5, 5.41) is 7.22. The summed E-state index contributed by atoms with van der Waals surface area (Å²) in [5.74, 6) is -0.242. The Morgan fingerprint density at radius 3 is 2.65 bits per heavy atom. The minimum atomic E-state index is -0.493. The predicted octanol–water partition coefficient (Wildman–Crippen LogP) is 2.13. The van der Waals surface area contributed by atoms with E-state index in [1.807, 2.05) is 37.3 Å². The van der Waals surface area contributed by atoms with Crippen LogP contribution in [0.5, 0.6) is 0 Å². The Hall–Kier alpha value is -3.75. The fourth-order valence-corrected chi connectivity index (χ4v) is 3.83. The average Bonchev–Trinajstić information content (AvgIpc) is 3.31. The summed E-state index contributed by atoms with van der Waals surface area (Å²) < 4.78 is 1.41. The number of amides is 2. The SMILES string of the molecule is CCc1c(C)nc(-n2nc(C)cc2NC(=O)[C@H]2CC(=O)N(c3ccccc3)C2)[nH]c1=O. The van der Waals surface area contributed by atoms with Crippen LogP contribution in [0.4, 0.5) is 11.5 Å². The molecule has 31 heavy (non-hydrogen) atoms. The van der Waals surface area contributed by atoms with Gasteiger partial charge in [0, 0.05) is 36.0 Å². The first-order valence-corrected chi connectivity index (χ1v) is 10.2. The van der Waals surface area contributed by atoms with Gasteiger partial charge in [-0.3, -0.25) is 19.4 Å². The number of carbonyl (C=O) groups excluding carboxylic acids is 2. The van der Waals surface area contributed by atoms with Gasteiger partial charge in [-0.15, -0.1) is 0 Å². The zero-order valence-corrected chi connectivity index (χ0v) is 17.7. The van der Waals surface area contributed by atoms with Crippen LogP contribution in [-0.2, 0) is 16.0 Å². The highest BCUT2D eigenvalue weighted by molar-refractivity contribution is 6.03. The number of aryl methyl sites for hydroxylation is 2. The number of aromatic nitrogens is 4. The number of para-hydroxylation sites is 1. The number of H-pyrrole nitrogens is 1. The van der Waals surface area contributed by atoms with E-state index in [1.54, 1.807) is 24.8 Å². The smallest absolute Gasteiger partial charge is 0.255 e. The summed E-state index contributed by atoms with van der Waals surface area (Å²) in [6, 6.07) is 11.0. The van der Waals surface area contributed by atoms with Gasteiger partial charge < -0.3 is 10.2 Å². The van der Waals surface area contributed by atoms with E-state index in [0.29, 0.717) is 35.7 Å². The van der Waals surface area contributed by atoms with Gasteiger partial charge in [0.15, 0.2) is 0 Å². The number of hydrogen-bond acceptors (Lipinski definition) is 5. The molecule has 0 saturated carbocycles. The van der Waals surface area contributed by atoms with Crippen molar-refractivity contribution in [3.8, 4) is 5.95 Å². The van der Waals surface area contributed by atoms with Crippen LogP contribution >= 0.6 is 0 Å². The van der Waals surface area contributed by atoms with Crippen molar-refractivity contribution in [1.82, 2.24) is 19.7 Å². The molecule has 0 radical (unpaired) electrons. The molecule has 9 nitrogen and oxygen atoms in total. The lowest BCUT2D eigenvalue weighted by Gasteiger charge is -2.16. The van der Waals surface area contributed by atoms with Gasteiger partial charge in [0.1, 0.15) is 5.82 Å². The predicted molar refractivity (Wildman–Crippen MR) is 116 cm³/mol. The molecular weight excluding hydrogens is 396 g/mol. The minimum absolute atomic E-state index is 0.0900. The third kappa shape index (κ3) is 3.98. The molecule has 4 rings (SSSR count). The second-order valence-electron chi connectivity index (χ2n) is 7.62. The molecule has 3 aromatic rings. The number of aromatic amines is 1. The number of anilines is 2. The quantitative estimate of drug-likeness (QED) is 0.657. The fraction of sp³-hybridized carbons (Fsp3) is 0.318. The maximum atomic E-state index is 12.9. The molecule has 2 amide bonds. The van der Waals surface area contributed by atoms with Gasteiger partial charge in [0.05, 0.1) is 11.6 Å². The van der Waals surface area contributed by atoms with Crippen LogP contribution in [0.1, 0.15) is 30.3 Å². The van der Waals surface area contributed by atoms with Crippen LogP contribution in [0.15, 0.2) is 41.2 Å². The molecule has 1 aliphatic rings. The van der Waals surface area contributed by atoms with Crippen molar-refractivity contribution >= 4 is 23.3 Å². The monoisotopic (exact) mass is 420 g/mol. The molecule has 0 aliphatic carbocycles. The molecule has 0 bridgehead atoms. The number of hydrogen-bond donors (Lipinski definition) is 2. The summed E-state index contributed by atoms with van der Waals surface area (Å²) in [7, 11) is 0. The third-order valence-corrected chi connectivity index (χ3v) is 5.41. The van der Waals surface area contributed by atoms with E-state index in [1.165, 1.54) is 4.68 Å². The first kappa shape index (κ1) is 20.5. The molecule has 9 heteroatoms. The van der Waals surface area contributed by atoms with Crippen LogP contribution in [-0.4, -0.2) is 38.1 Å². The molecule has 0 unspecified atom stereocenters. The number of nitrogens with zero attached hydrogens (tertiary/aromatic N) is 4. The lowest BCUT2D eigenvalue weighted by Crippen LogP contribution is -2.29. The molecule has 1 aliphatic heterocycles. The van der Waals surface area contributed by atoms with Crippen LogP contribution in [0.3, 0.4) is 0 Å². The highest BCUT2D eigenvalue weighted by Gasteiger charge is 2.35. The van der Waals surface area contributed by atoms with Crippen molar-refractivity contribution in [2.24, 2.45) is 5.92 Å². The van der Waals surface area contributed by atoms with Crippen LogP contribution in [0, 0.1) is 19.8 Å². The Morgan fingerprint density at radius 1 is 1.23 bits per heavy atom. The first-order valence-electron chi connectivity index (χ1n) is 10.2. The summed E-state index contributed by atoms with van der Waals surface area (Å²) in [6.45, 7) is 5.76. The normalized spacial score (nSPS) is 16.0. The maximum absolute atomic E-state index is 12.9. The second kappa shape index (κ2) is 8.17. The van der Waals surface area contributed by atoms with Crippen molar-refractivity contribution in [2.75, 3.05) is 16.8 Å². The molecular formula is C22H24N6O3. The molecule has 1 atom stereocenters. The summed E-state index contributed by atoms with van der Waals surface area (Å²) >= 11 is 0. The summed E-state index contributed by atoms with van der Waals surface area (Å²) in [4.78, 5) is 46.6. The highest BCUT2D eigenvalue weighted by atomic mass is 16.2. The van der Waals surface area contributed by atoms with E-state index >= 15 is 0 Å². The Labute approximate surface area is 179 Å². The van der Waals surface area contributed by atoms with E-state index in [-0.39, 0.29) is 29.7 Å². The number of rotatable bonds is 5. The summed E-state index contributed by atoms with van der Waals surface area (Å²) in [6.07, 6.45) is 0.705. The van der Waals surface area contributed by atoms with Gasteiger partial charge in [-0.2, -0.15) is 9.78 Å². The van der Waals surface area contributed by atoms with E-state index in [0.717, 1.165) is 5.69 Å². The Kier molecular flexibility index (Phi) is 5.41. The van der Waals surface area contributed by atoms with E-state index in [9.17, 15) is 14.4 Å². The Morgan fingerprint density at radius 2 is 1.97 bits per heavy atom. The second-order valence-corrected chi connectivity index (χ2v) is 7.62. The van der Waals surface area contributed by atoms with Gasteiger partial charge in [-0.1, -0.05) is 25.1 Å². The van der Waals surface area contributed by atoms with Crippen molar-refractivity contribution in [3.05, 3.63) is 63.7 Å². The molecule has 1 aromatic carbocycles. The molecule has 1 fully saturated rings. The lowest BCUT2D eigenvalue weighted by atomic mass is 10.1. The number of nitrogens with one attached hydrogen (secondary N) is 2. The maximum Gasteiger partial charge on any atom is 0.255 e. The van der Waals surface area contributed by atoms with Crippen LogP contribution in [0.25, 0.3) is 5.95 Å². The average molecular weight is 420 g/mol. The molecule has 1 saturated heterocycles. The van der Waals surface area contributed by atoms with Crippen molar-refractivity contribution in [3.63, 3.8) is 0 Å². The summed E-state index contributed by atoms with van der Waals surface area (Å²) in [5.41, 5.74) is 2.44. The lowest BCUT2D eigenvalue weighted by molar-refractivity contribution is -0.122. The van der Waals surface area contributed by atoms with Crippen LogP contribution < -0.4 is 15.8 Å². The molecule has 0 spiro atoms. The van der Waals surface area contributed by atoms with Crippen molar-refractivity contribution in [1.29, 1.82) is 0 Å². The van der Waals surface area contributed by atoms with Crippen molar-refractivity contribution < 1.29 is 9.59 Å². The Balaban J connectivity index is 1.57. The van der Waals surface area contributed by atoms with Gasteiger partial charge in [-0.25, -0.2) is 4.98 Å². The van der Waals surface area contributed by atoms with E-state index in [4.69, 9.17) is 0 Å². The molecule has 160 valence electrons. The number of benzene rings is 1. The zero-order valence-electron chi connectivity index (χ0n) is 17.7. The van der Waals surface area contributed by atoms with Crippen molar-refractivity contribution in [2.45, 2.75) is 33.6 Å². The standard InChI is InChI=1S/C22H24N6O3/c1-4-17-14(3)23-22(25-21(17)31)28-18(10-13(2)26-28)24-20(30)15-11-19(29)27(12-15)16-8-6-5-7-9-16/h5-10,15H,4,11-12H2,1-3H3,(H,24,30)(H,23,25,31)/t15-/m0/s1. The van der Waals surface area contributed by atoms with E-state index < -0.39 is 5.92 Å². The van der Waals surface area contributed by atoms with Gasteiger partial charge in [0.25, 0.3) is 5.56 Å². The van der Waals surface area contributed by atoms with Gasteiger partial charge in [-0.05, 0) is 32.4 Å².